The summed E-state index contributed by atoms with van der Waals surface area (Å²) in [7, 11) is 3.62. The zero-order valence-electron chi connectivity index (χ0n) is 10.3. The van der Waals surface area contributed by atoms with Crippen molar-refractivity contribution in [3.05, 3.63) is 47.4 Å². The molecule has 0 saturated heterocycles. The number of para-hydroxylation sites is 1. The normalized spacial score (nSPS) is 10.2. The number of nitrogens with zero attached hydrogens (tertiary/aromatic N) is 3. The van der Waals surface area contributed by atoms with Crippen molar-refractivity contribution in [1.29, 1.82) is 0 Å². The van der Waals surface area contributed by atoms with Crippen LogP contribution in [0.25, 0.3) is 0 Å². The Morgan fingerprint density at radius 2 is 2.06 bits per heavy atom. The molecule has 4 nitrogen and oxygen atoms in total. The molecule has 1 aromatic heterocycles. The SMILES string of the molecule is COc1ccccc1CN(C)c1cc(Cl)ncn1. The van der Waals surface area contributed by atoms with Crippen LogP contribution in [0.4, 0.5) is 5.82 Å². The molecule has 0 bridgehead atoms. The average Bonchev–Trinajstić information content (AvgIpc) is 2.39. The van der Waals surface area contributed by atoms with E-state index in [1.54, 1.807) is 13.2 Å². The summed E-state index contributed by atoms with van der Waals surface area (Å²) in [6.07, 6.45) is 1.45. The third kappa shape index (κ3) is 2.90. The van der Waals surface area contributed by atoms with Crippen LogP contribution in [-0.2, 0) is 6.54 Å². The fraction of sp³-hybridized carbons (Fsp3) is 0.231. The van der Waals surface area contributed by atoms with Crippen molar-refractivity contribution in [2.45, 2.75) is 6.54 Å². The molecule has 0 aliphatic heterocycles. The summed E-state index contributed by atoms with van der Waals surface area (Å²) in [5.41, 5.74) is 1.09. The quantitative estimate of drug-likeness (QED) is 0.795. The molecule has 1 aromatic carbocycles. The van der Waals surface area contributed by atoms with Gasteiger partial charge in [-0.2, -0.15) is 0 Å². The van der Waals surface area contributed by atoms with Crippen LogP contribution in [0.15, 0.2) is 36.7 Å². The van der Waals surface area contributed by atoms with Crippen LogP contribution in [-0.4, -0.2) is 24.1 Å². The number of aromatic nitrogens is 2. The van der Waals surface area contributed by atoms with Gasteiger partial charge in [0, 0.05) is 25.2 Å². The highest BCUT2D eigenvalue weighted by Crippen LogP contribution is 2.21. The van der Waals surface area contributed by atoms with Crippen molar-refractivity contribution in [2.75, 3.05) is 19.1 Å². The zero-order valence-corrected chi connectivity index (χ0v) is 11.1. The maximum Gasteiger partial charge on any atom is 0.134 e. The fourth-order valence-corrected chi connectivity index (χ4v) is 1.84. The van der Waals surface area contributed by atoms with Crippen LogP contribution in [0.1, 0.15) is 5.56 Å². The number of ether oxygens (including phenoxy) is 1. The van der Waals surface area contributed by atoms with Crippen molar-refractivity contribution in [1.82, 2.24) is 9.97 Å². The van der Waals surface area contributed by atoms with Gasteiger partial charge in [0.1, 0.15) is 23.0 Å². The molecular formula is C13H14ClN3O. The van der Waals surface area contributed by atoms with Crippen molar-refractivity contribution in [3.63, 3.8) is 0 Å². The predicted octanol–water partition coefficient (Wildman–Crippen LogP) is 2.78. The van der Waals surface area contributed by atoms with E-state index in [4.69, 9.17) is 16.3 Å². The second-order valence-corrected chi connectivity index (χ2v) is 4.25. The number of benzene rings is 1. The molecule has 0 saturated carbocycles. The lowest BCUT2D eigenvalue weighted by atomic mass is 10.2. The first kappa shape index (κ1) is 12.6. The van der Waals surface area contributed by atoms with Gasteiger partial charge in [0.05, 0.1) is 7.11 Å². The van der Waals surface area contributed by atoms with Crippen LogP contribution < -0.4 is 9.64 Å². The molecule has 0 amide bonds. The number of hydrogen-bond donors (Lipinski definition) is 0. The van der Waals surface area contributed by atoms with Crippen LogP contribution >= 0.6 is 11.6 Å². The van der Waals surface area contributed by atoms with E-state index in [0.717, 1.165) is 17.1 Å². The van der Waals surface area contributed by atoms with Gasteiger partial charge in [-0.05, 0) is 6.07 Å². The fourth-order valence-electron chi connectivity index (χ4n) is 1.70. The minimum Gasteiger partial charge on any atom is -0.496 e. The van der Waals surface area contributed by atoms with Crippen molar-refractivity contribution >= 4 is 17.4 Å². The molecule has 0 atom stereocenters. The van der Waals surface area contributed by atoms with Gasteiger partial charge >= 0.3 is 0 Å². The number of hydrogen-bond acceptors (Lipinski definition) is 4. The smallest absolute Gasteiger partial charge is 0.134 e. The summed E-state index contributed by atoms with van der Waals surface area (Å²) in [6, 6.07) is 9.63. The van der Waals surface area contributed by atoms with Gasteiger partial charge in [-0.1, -0.05) is 29.8 Å². The third-order valence-corrected chi connectivity index (χ3v) is 2.82. The third-order valence-electron chi connectivity index (χ3n) is 2.61. The van der Waals surface area contributed by atoms with Crippen molar-refractivity contribution < 1.29 is 4.74 Å². The number of halogens is 1. The Balaban J connectivity index is 2.18. The minimum absolute atomic E-state index is 0.437. The first-order valence-corrected chi connectivity index (χ1v) is 5.89. The van der Waals surface area contributed by atoms with Crippen LogP contribution in [0.2, 0.25) is 5.15 Å². The van der Waals surface area contributed by atoms with Gasteiger partial charge in [-0.25, -0.2) is 9.97 Å². The van der Waals surface area contributed by atoms with Crippen LogP contribution in [0.5, 0.6) is 5.75 Å². The molecule has 0 aliphatic rings. The Bertz CT molecular complexity index is 533. The van der Waals surface area contributed by atoms with Gasteiger partial charge in [0.2, 0.25) is 0 Å². The van der Waals surface area contributed by atoms with E-state index in [9.17, 15) is 0 Å². The summed E-state index contributed by atoms with van der Waals surface area (Å²) < 4.78 is 5.32. The van der Waals surface area contributed by atoms with Crippen LogP contribution in [0.3, 0.4) is 0 Å². The molecule has 0 N–H and O–H groups in total. The Hall–Kier alpha value is -1.81. The summed E-state index contributed by atoms with van der Waals surface area (Å²) in [6.45, 7) is 0.692. The molecule has 18 heavy (non-hydrogen) atoms. The molecule has 94 valence electrons. The van der Waals surface area contributed by atoms with Gasteiger partial charge < -0.3 is 9.64 Å². The van der Waals surface area contributed by atoms with E-state index in [0.29, 0.717) is 11.7 Å². The standard InChI is InChI=1S/C13H14ClN3O/c1-17(13-7-12(14)15-9-16-13)8-10-5-3-4-6-11(10)18-2/h3-7,9H,8H2,1-2H3. The average molecular weight is 264 g/mol. The minimum atomic E-state index is 0.437. The van der Waals surface area contributed by atoms with Gasteiger partial charge in [0.25, 0.3) is 0 Å². The van der Waals surface area contributed by atoms with Gasteiger partial charge in [-0.15, -0.1) is 0 Å². The molecule has 0 radical (unpaired) electrons. The van der Waals surface area contributed by atoms with Crippen molar-refractivity contribution in [3.8, 4) is 5.75 Å². The number of anilines is 1. The Morgan fingerprint density at radius 3 is 2.78 bits per heavy atom. The van der Waals surface area contributed by atoms with E-state index in [1.165, 1.54) is 6.33 Å². The molecule has 2 aromatic rings. The lowest BCUT2D eigenvalue weighted by Crippen LogP contribution is -2.18. The van der Waals surface area contributed by atoms with E-state index in [1.807, 2.05) is 36.2 Å². The Labute approximate surface area is 111 Å². The first-order valence-electron chi connectivity index (χ1n) is 5.51. The number of rotatable bonds is 4. The highest BCUT2D eigenvalue weighted by molar-refractivity contribution is 6.29. The van der Waals surface area contributed by atoms with E-state index in [-0.39, 0.29) is 0 Å². The van der Waals surface area contributed by atoms with E-state index in [2.05, 4.69) is 9.97 Å². The first-order chi connectivity index (χ1) is 8.70. The largest absolute Gasteiger partial charge is 0.496 e. The second-order valence-electron chi connectivity index (χ2n) is 3.87. The molecule has 0 unspecified atom stereocenters. The van der Waals surface area contributed by atoms with Crippen LogP contribution in [0, 0.1) is 0 Å². The number of methoxy groups -OCH3 is 1. The summed E-state index contributed by atoms with van der Waals surface area (Å²) in [5, 5.41) is 0.437. The highest BCUT2D eigenvalue weighted by atomic mass is 35.5. The topological polar surface area (TPSA) is 38.2 Å². The molecule has 0 aliphatic carbocycles. The maximum absolute atomic E-state index is 5.85. The van der Waals surface area contributed by atoms with Crippen molar-refractivity contribution in [2.24, 2.45) is 0 Å². The summed E-state index contributed by atoms with van der Waals surface area (Å²) >= 11 is 5.85. The molecular weight excluding hydrogens is 250 g/mol. The summed E-state index contributed by atoms with van der Waals surface area (Å²) in [4.78, 5) is 10.0. The molecule has 0 spiro atoms. The summed E-state index contributed by atoms with van der Waals surface area (Å²) in [5.74, 6) is 1.64. The van der Waals surface area contributed by atoms with Gasteiger partial charge in [0.15, 0.2) is 0 Å². The zero-order chi connectivity index (χ0) is 13.0. The predicted molar refractivity (Wildman–Crippen MR) is 72.1 cm³/mol. The second kappa shape index (κ2) is 5.69. The molecule has 1 heterocycles. The van der Waals surface area contributed by atoms with E-state index < -0.39 is 0 Å². The van der Waals surface area contributed by atoms with E-state index >= 15 is 0 Å². The molecule has 0 fully saturated rings. The Kier molecular flexibility index (Phi) is 3.99. The highest BCUT2D eigenvalue weighted by Gasteiger charge is 2.08. The lowest BCUT2D eigenvalue weighted by molar-refractivity contribution is 0.409. The lowest BCUT2D eigenvalue weighted by Gasteiger charge is -2.19. The monoisotopic (exact) mass is 263 g/mol. The molecule has 2 rings (SSSR count). The Morgan fingerprint density at radius 1 is 1.28 bits per heavy atom. The molecule has 5 heteroatoms. The maximum atomic E-state index is 5.85. The van der Waals surface area contributed by atoms with Gasteiger partial charge in [-0.3, -0.25) is 0 Å².